The highest BCUT2D eigenvalue weighted by Gasteiger charge is 2.41. The van der Waals surface area contributed by atoms with Gasteiger partial charge in [-0.2, -0.15) is 0 Å². The second-order valence-electron chi connectivity index (χ2n) is 9.93. The fourth-order valence-electron chi connectivity index (χ4n) is 5.72. The lowest BCUT2D eigenvalue weighted by Gasteiger charge is -2.37. The maximum Gasteiger partial charge on any atom is 0.163 e. The summed E-state index contributed by atoms with van der Waals surface area (Å²) in [6.07, 6.45) is 13.0. The third-order valence-electron chi connectivity index (χ3n) is 7.57. The standard InChI is InChI=1S/C30H38O2/c1-3-5-7-9-11-21-13-15-23-25-20-30(32)28-18-22(12-10-8-6-4-2)14-16-24(28)26(25)19-29(31)27(23)17-21/h13-18,25-26H,3-12,19-20H2,1-2H3. The van der Waals surface area contributed by atoms with Gasteiger partial charge in [-0.3, -0.25) is 9.59 Å². The Hall–Kier alpha value is -2.22. The molecular weight excluding hydrogens is 392 g/mol. The van der Waals surface area contributed by atoms with Gasteiger partial charge in [-0.1, -0.05) is 76.6 Å². The molecule has 0 saturated carbocycles. The number of rotatable bonds is 10. The SMILES string of the molecule is CCCCCCc1ccc2c(c1)C(=O)CC1c3ccc(CCCCCC)cc3C(=O)CC21. The van der Waals surface area contributed by atoms with Crippen LogP contribution in [-0.2, 0) is 12.8 Å². The van der Waals surface area contributed by atoms with Gasteiger partial charge in [-0.15, -0.1) is 0 Å². The number of carbonyl (C=O) groups is 2. The largest absolute Gasteiger partial charge is 0.294 e. The number of carbonyl (C=O) groups excluding carboxylic acids is 2. The maximum absolute atomic E-state index is 13.1. The summed E-state index contributed by atoms with van der Waals surface area (Å²) in [7, 11) is 0. The minimum atomic E-state index is 0.146. The van der Waals surface area contributed by atoms with Crippen molar-refractivity contribution in [3.8, 4) is 0 Å². The average molecular weight is 431 g/mol. The second-order valence-corrected chi connectivity index (χ2v) is 9.93. The third-order valence-corrected chi connectivity index (χ3v) is 7.57. The normalized spacial score (nSPS) is 19.4. The molecule has 0 fully saturated rings. The first-order chi connectivity index (χ1) is 15.6. The second kappa shape index (κ2) is 10.6. The lowest BCUT2D eigenvalue weighted by Crippen LogP contribution is -2.31. The Labute approximate surface area is 193 Å². The Morgan fingerprint density at radius 1 is 0.625 bits per heavy atom. The molecule has 0 saturated heterocycles. The molecule has 2 atom stereocenters. The van der Waals surface area contributed by atoms with E-state index in [0.29, 0.717) is 12.8 Å². The Morgan fingerprint density at radius 3 is 1.47 bits per heavy atom. The summed E-state index contributed by atoms with van der Waals surface area (Å²) in [5.41, 5.74) is 6.49. The number of fused-ring (bicyclic) bond motifs is 5. The van der Waals surface area contributed by atoms with E-state index < -0.39 is 0 Å². The molecule has 2 aromatic rings. The van der Waals surface area contributed by atoms with E-state index in [9.17, 15) is 9.59 Å². The predicted molar refractivity (Wildman–Crippen MR) is 132 cm³/mol. The molecule has 2 nitrogen and oxygen atoms in total. The van der Waals surface area contributed by atoms with E-state index in [4.69, 9.17) is 0 Å². The van der Waals surface area contributed by atoms with E-state index in [-0.39, 0.29) is 23.4 Å². The van der Waals surface area contributed by atoms with Crippen molar-refractivity contribution in [3.63, 3.8) is 0 Å². The van der Waals surface area contributed by atoms with E-state index in [1.165, 1.54) is 62.5 Å². The zero-order valence-corrected chi connectivity index (χ0v) is 19.9. The van der Waals surface area contributed by atoms with Crippen LogP contribution in [-0.4, -0.2) is 11.6 Å². The van der Waals surface area contributed by atoms with E-state index in [2.05, 4.69) is 50.2 Å². The Morgan fingerprint density at radius 2 is 1.06 bits per heavy atom. The smallest absolute Gasteiger partial charge is 0.163 e. The zero-order chi connectivity index (χ0) is 22.5. The molecule has 0 spiro atoms. The summed E-state index contributed by atoms with van der Waals surface area (Å²) >= 11 is 0. The van der Waals surface area contributed by atoms with Crippen LogP contribution in [0.4, 0.5) is 0 Å². The zero-order valence-electron chi connectivity index (χ0n) is 19.9. The number of hydrogen-bond acceptors (Lipinski definition) is 2. The van der Waals surface area contributed by atoms with Gasteiger partial charge in [0.1, 0.15) is 0 Å². The van der Waals surface area contributed by atoms with Gasteiger partial charge < -0.3 is 0 Å². The summed E-state index contributed by atoms with van der Waals surface area (Å²) in [5.74, 6) is 0.792. The Bertz CT molecular complexity index is 891. The van der Waals surface area contributed by atoms with Crippen molar-refractivity contribution in [2.45, 2.75) is 103 Å². The fraction of sp³-hybridized carbons (Fsp3) is 0.533. The Balaban J connectivity index is 1.53. The number of benzene rings is 2. The molecule has 2 aliphatic rings. The average Bonchev–Trinajstić information content (AvgIpc) is 2.81. The van der Waals surface area contributed by atoms with Crippen molar-refractivity contribution in [2.75, 3.05) is 0 Å². The highest BCUT2D eigenvalue weighted by atomic mass is 16.1. The van der Waals surface area contributed by atoms with E-state index in [0.717, 1.165) is 35.1 Å². The lowest BCUT2D eigenvalue weighted by atomic mass is 9.64. The summed E-state index contributed by atoms with van der Waals surface area (Å²) in [6.45, 7) is 4.46. The van der Waals surface area contributed by atoms with Gasteiger partial charge in [0.2, 0.25) is 0 Å². The molecule has 0 aliphatic heterocycles. The van der Waals surface area contributed by atoms with Crippen LogP contribution in [0.1, 0.15) is 133 Å². The summed E-state index contributed by atoms with van der Waals surface area (Å²) in [4.78, 5) is 26.3. The van der Waals surface area contributed by atoms with Crippen molar-refractivity contribution < 1.29 is 9.59 Å². The van der Waals surface area contributed by atoms with Gasteiger partial charge in [-0.05, 0) is 71.9 Å². The maximum atomic E-state index is 13.1. The molecule has 170 valence electrons. The molecule has 0 aromatic heterocycles. The van der Waals surface area contributed by atoms with Gasteiger partial charge in [0.25, 0.3) is 0 Å². The minimum absolute atomic E-state index is 0.146. The molecule has 0 N–H and O–H groups in total. The number of ketones is 2. The van der Waals surface area contributed by atoms with Crippen LogP contribution >= 0.6 is 0 Å². The van der Waals surface area contributed by atoms with Gasteiger partial charge in [0.15, 0.2) is 11.6 Å². The van der Waals surface area contributed by atoms with Crippen LogP contribution in [0.15, 0.2) is 36.4 Å². The molecule has 0 heterocycles. The molecule has 2 heteroatoms. The van der Waals surface area contributed by atoms with Gasteiger partial charge in [0, 0.05) is 24.0 Å². The van der Waals surface area contributed by atoms with Crippen LogP contribution in [0.3, 0.4) is 0 Å². The highest BCUT2D eigenvalue weighted by molar-refractivity contribution is 6.04. The quantitative estimate of drug-likeness (QED) is 0.358. The number of hydrogen-bond donors (Lipinski definition) is 0. The highest BCUT2D eigenvalue weighted by Crippen LogP contribution is 2.49. The first-order valence-electron chi connectivity index (χ1n) is 12.9. The fourth-order valence-corrected chi connectivity index (χ4v) is 5.72. The van der Waals surface area contributed by atoms with Crippen molar-refractivity contribution in [1.82, 2.24) is 0 Å². The minimum Gasteiger partial charge on any atom is -0.294 e. The van der Waals surface area contributed by atoms with Crippen molar-refractivity contribution in [3.05, 3.63) is 69.8 Å². The third kappa shape index (κ3) is 4.90. The van der Waals surface area contributed by atoms with Gasteiger partial charge in [0.05, 0.1) is 0 Å². The monoisotopic (exact) mass is 430 g/mol. The molecule has 0 radical (unpaired) electrons. The summed E-state index contributed by atoms with van der Waals surface area (Å²) < 4.78 is 0. The van der Waals surface area contributed by atoms with Crippen molar-refractivity contribution in [2.24, 2.45) is 0 Å². The number of unbranched alkanes of at least 4 members (excludes halogenated alkanes) is 6. The molecule has 2 unspecified atom stereocenters. The van der Waals surface area contributed by atoms with Crippen LogP contribution in [0.2, 0.25) is 0 Å². The number of aryl methyl sites for hydroxylation is 2. The van der Waals surface area contributed by atoms with Crippen LogP contribution in [0.5, 0.6) is 0 Å². The van der Waals surface area contributed by atoms with E-state index in [1.807, 2.05) is 0 Å². The van der Waals surface area contributed by atoms with Crippen molar-refractivity contribution in [1.29, 1.82) is 0 Å². The molecule has 4 rings (SSSR count). The van der Waals surface area contributed by atoms with Crippen LogP contribution in [0, 0.1) is 0 Å². The van der Waals surface area contributed by atoms with E-state index >= 15 is 0 Å². The summed E-state index contributed by atoms with van der Waals surface area (Å²) in [6, 6.07) is 12.9. The van der Waals surface area contributed by atoms with Gasteiger partial charge >= 0.3 is 0 Å². The summed E-state index contributed by atoms with van der Waals surface area (Å²) in [5, 5.41) is 0. The van der Waals surface area contributed by atoms with Crippen LogP contribution < -0.4 is 0 Å². The molecule has 0 bridgehead atoms. The number of Topliss-reactive ketones (excluding diaryl/α,β-unsaturated/α-hetero) is 2. The molecule has 0 amide bonds. The first-order valence-corrected chi connectivity index (χ1v) is 12.9. The lowest BCUT2D eigenvalue weighted by molar-refractivity contribution is 0.0904. The van der Waals surface area contributed by atoms with Crippen LogP contribution in [0.25, 0.3) is 0 Å². The molecule has 2 aromatic carbocycles. The van der Waals surface area contributed by atoms with E-state index in [1.54, 1.807) is 0 Å². The van der Waals surface area contributed by atoms with Crippen molar-refractivity contribution >= 4 is 11.6 Å². The molecule has 2 aliphatic carbocycles. The Kier molecular flexibility index (Phi) is 7.60. The predicted octanol–water partition coefficient (Wildman–Crippen LogP) is 7.97. The topological polar surface area (TPSA) is 34.1 Å². The molecule has 32 heavy (non-hydrogen) atoms. The van der Waals surface area contributed by atoms with Gasteiger partial charge in [-0.25, -0.2) is 0 Å². The molecular formula is C30H38O2. The first kappa shape index (κ1) is 23.0.